The van der Waals surface area contributed by atoms with E-state index in [2.05, 4.69) is 10.6 Å². The average Bonchev–Trinajstić information content (AvgIpc) is 2.40. The second-order valence-electron chi connectivity index (χ2n) is 4.37. The van der Waals surface area contributed by atoms with Crippen molar-refractivity contribution in [1.29, 1.82) is 0 Å². The summed E-state index contributed by atoms with van der Waals surface area (Å²) >= 11 is 0. The summed E-state index contributed by atoms with van der Waals surface area (Å²) in [6.07, 6.45) is 0. The van der Waals surface area contributed by atoms with Crippen molar-refractivity contribution in [1.82, 2.24) is 10.2 Å². The molecular weight excluding hydrogens is 242 g/mol. The van der Waals surface area contributed by atoms with Crippen LogP contribution in [0.1, 0.15) is 12.5 Å². The third-order valence-corrected chi connectivity index (χ3v) is 2.88. The molecule has 0 atom stereocenters. The van der Waals surface area contributed by atoms with E-state index in [4.69, 9.17) is 0 Å². The fourth-order valence-corrected chi connectivity index (χ4v) is 1.50. The monoisotopic (exact) mass is 263 g/mol. The van der Waals surface area contributed by atoms with Gasteiger partial charge in [-0.25, -0.2) is 0 Å². The van der Waals surface area contributed by atoms with Crippen LogP contribution in [0.25, 0.3) is 0 Å². The van der Waals surface area contributed by atoms with Gasteiger partial charge in [0.15, 0.2) is 0 Å². The summed E-state index contributed by atoms with van der Waals surface area (Å²) in [6.45, 7) is 4.80. The number of benzene rings is 1. The van der Waals surface area contributed by atoms with Gasteiger partial charge in [0.05, 0.1) is 13.1 Å². The Kier molecular flexibility index (Phi) is 6.02. The molecule has 0 saturated heterocycles. The number of nitrogens with zero attached hydrogens (tertiary/aromatic N) is 1. The van der Waals surface area contributed by atoms with Crippen LogP contribution in [0.3, 0.4) is 0 Å². The molecular formula is C14H21N3O2. The molecule has 104 valence electrons. The first-order valence-corrected chi connectivity index (χ1v) is 6.34. The van der Waals surface area contributed by atoms with Crippen molar-refractivity contribution in [2.75, 3.05) is 32.0 Å². The van der Waals surface area contributed by atoms with Gasteiger partial charge in [0, 0.05) is 19.3 Å². The number of para-hydroxylation sites is 1. The van der Waals surface area contributed by atoms with Crippen molar-refractivity contribution in [3.63, 3.8) is 0 Å². The van der Waals surface area contributed by atoms with E-state index in [1.165, 1.54) is 0 Å². The van der Waals surface area contributed by atoms with Crippen LogP contribution >= 0.6 is 0 Å². The summed E-state index contributed by atoms with van der Waals surface area (Å²) in [5, 5.41) is 5.64. The normalized spacial score (nSPS) is 10.1. The number of carbonyl (C=O) groups is 2. The lowest BCUT2D eigenvalue weighted by Crippen LogP contribution is -2.38. The number of carbonyl (C=O) groups excluding carboxylic acids is 2. The van der Waals surface area contributed by atoms with Gasteiger partial charge in [0.25, 0.3) is 0 Å². The van der Waals surface area contributed by atoms with E-state index in [1.807, 2.05) is 38.1 Å². The van der Waals surface area contributed by atoms with E-state index in [1.54, 1.807) is 11.9 Å². The Balaban J connectivity index is 2.33. The smallest absolute Gasteiger partial charge is 0.238 e. The minimum Gasteiger partial charge on any atom is -0.345 e. The third-order valence-electron chi connectivity index (χ3n) is 2.88. The van der Waals surface area contributed by atoms with Crippen molar-refractivity contribution < 1.29 is 9.59 Å². The predicted molar refractivity (Wildman–Crippen MR) is 76.0 cm³/mol. The van der Waals surface area contributed by atoms with E-state index < -0.39 is 0 Å². The number of likely N-dealkylation sites (N-methyl/N-ethyl adjacent to an activating group) is 1. The Morgan fingerprint density at radius 1 is 1.21 bits per heavy atom. The number of amides is 2. The molecule has 2 N–H and O–H groups in total. The molecule has 0 aliphatic heterocycles. The maximum absolute atomic E-state index is 11.7. The number of aryl methyl sites for hydroxylation is 1. The topological polar surface area (TPSA) is 61.4 Å². The molecule has 0 aromatic heterocycles. The van der Waals surface area contributed by atoms with E-state index in [0.29, 0.717) is 6.54 Å². The maximum atomic E-state index is 11.7. The SMILES string of the molecule is CCN(C)C(=O)CNCC(=O)Nc1ccccc1C. The van der Waals surface area contributed by atoms with Crippen LogP contribution in [0, 0.1) is 6.92 Å². The molecule has 5 nitrogen and oxygen atoms in total. The molecule has 0 spiro atoms. The number of hydrogen-bond donors (Lipinski definition) is 2. The zero-order chi connectivity index (χ0) is 14.3. The lowest BCUT2D eigenvalue weighted by molar-refractivity contribution is -0.128. The van der Waals surface area contributed by atoms with Crippen molar-refractivity contribution in [2.24, 2.45) is 0 Å². The molecule has 0 aliphatic carbocycles. The summed E-state index contributed by atoms with van der Waals surface area (Å²) in [6, 6.07) is 7.57. The quantitative estimate of drug-likeness (QED) is 0.805. The van der Waals surface area contributed by atoms with Crippen molar-refractivity contribution >= 4 is 17.5 Å². The standard InChI is InChI=1S/C14H21N3O2/c1-4-17(3)14(19)10-15-9-13(18)16-12-8-6-5-7-11(12)2/h5-8,15H,4,9-10H2,1-3H3,(H,16,18). The predicted octanol–water partition coefficient (Wildman–Crippen LogP) is 1.00. The first kappa shape index (κ1) is 15.2. The molecule has 19 heavy (non-hydrogen) atoms. The third kappa shape index (κ3) is 5.09. The highest BCUT2D eigenvalue weighted by Crippen LogP contribution is 2.12. The molecule has 0 unspecified atom stereocenters. The average molecular weight is 263 g/mol. The zero-order valence-corrected chi connectivity index (χ0v) is 11.7. The van der Waals surface area contributed by atoms with Crippen molar-refractivity contribution in [3.05, 3.63) is 29.8 Å². The second kappa shape index (κ2) is 7.53. The van der Waals surface area contributed by atoms with Crippen LogP contribution in [0.15, 0.2) is 24.3 Å². The van der Waals surface area contributed by atoms with Gasteiger partial charge in [-0.05, 0) is 25.5 Å². The first-order valence-electron chi connectivity index (χ1n) is 6.34. The fraction of sp³-hybridized carbons (Fsp3) is 0.429. The molecule has 0 aliphatic rings. The van der Waals surface area contributed by atoms with Crippen LogP contribution in [0.5, 0.6) is 0 Å². The molecule has 1 aromatic carbocycles. The van der Waals surface area contributed by atoms with Gasteiger partial charge < -0.3 is 10.2 Å². The molecule has 1 aromatic rings. The van der Waals surface area contributed by atoms with Gasteiger partial charge in [0.1, 0.15) is 0 Å². The van der Waals surface area contributed by atoms with Crippen LogP contribution in [-0.2, 0) is 9.59 Å². The van der Waals surface area contributed by atoms with E-state index >= 15 is 0 Å². The molecule has 0 saturated carbocycles. The molecule has 5 heteroatoms. The van der Waals surface area contributed by atoms with Crippen LogP contribution in [-0.4, -0.2) is 43.4 Å². The van der Waals surface area contributed by atoms with Crippen LogP contribution < -0.4 is 10.6 Å². The Bertz CT molecular complexity index is 446. The number of hydrogen-bond acceptors (Lipinski definition) is 3. The van der Waals surface area contributed by atoms with E-state index in [9.17, 15) is 9.59 Å². The zero-order valence-electron chi connectivity index (χ0n) is 11.7. The second-order valence-corrected chi connectivity index (χ2v) is 4.37. The summed E-state index contributed by atoms with van der Waals surface area (Å²) in [5.41, 5.74) is 1.81. The Morgan fingerprint density at radius 3 is 2.53 bits per heavy atom. The minimum atomic E-state index is -0.152. The lowest BCUT2D eigenvalue weighted by atomic mass is 10.2. The molecule has 0 fully saturated rings. The number of anilines is 1. The Labute approximate surface area is 114 Å². The highest BCUT2D eigenvalue weighted by molar-refractivity contribution is 5.93. The minimum absolute atomic E-state index is 0.0220. The van der Waals surface area contributed by atoms with Gasteiger partial charge in [-0.3, -0.25) is 14.9 Å². The lowest BCUT2D eigenvalue weighted by Gasteiger charge is -2.14. The molecule has 2 amide bonds. The number of rotatable bonds is 6. The van der Waals surface area contributed by atoms with Gasteiger partial charge in [-0.1, -0.05) is 18.2 Å². The van der Waals surface area contributed by atoms with Crippen LogP contribution in [0.4, 0.5) is 5.69 Å². The van der Waals surface area contributed by atoms with Gasteiger partial charge in [0.2, 0.25) is 11.8 Å². The summed E-state index contributed by atoms with van der Waals surface area (Å²) in [7, 11) is 1.73. The van der Waals surface area contributed by atoms with Crippen molar-refractivity contribution in [2.45, 2.75) is 13.8 Å². The molecule has 0 radical (unpaired) electrons. The largest absolute Gasteiger partial charge is 0.345 e. The van der Waals surface area contributed by atoms with Gasteiger partial charge in [-0.15, -0.1) is 0 Å². The fourth-order valence-electron chi connectivity index (χ4n) is 1.50. The van der Waals surface area contributed by atoms with E-state index in [-0.39, 0.29) is 24.9 Å². The highest BCUT2D eigenvalue weighted by atomic mass is 16.2. The van der Waals surface area contributed by atoms with Gasteiger partial charge in [-0.2, -0.15) is 0 Å². The van der Waals surface area contributed by atoms with Crippen molar-refractivity contribution in [3.8, 4) is 0 Å². The summed E-state index contributed by atoms with van der Waals surface area (Å²) < 4.78 is 0. The molecule has 0 bridgehead atoms. The van der Waals surface area contributed by atoms with Gasteiger partial charge >= 0.3 is 0 Å². The maximum Gasteiger partial charge on any atom is 0.238 e. The number of nitrogens with one attached hydrogen (secondary N) is 2. The molecule has 1 rings (SSSR count). The summed E-state index contributed by atoms with van der Waals surface area (Å²) in [4.78, 5) is 24.8. The summed E-state index contributed by atoms with van der Waals surface area (Å²) in [5.74, 6) is -0.174. The Morgan fingerprint density at radius 2 is 1.89 bits per heavy atom. The molecule has 0 heterocycles. The first-order chi connectivity index (χ1) is 9.04. The van der Waals surface area contributed by atoms with Crippen LogP contribution in [0.2, 0.25) is 0 Å². The Hall–Kier alpha value is -1.88. The highest BCUT2D eigenvalue weighted by Gasteiger charge is 2.08. The van der Waals surface area contributed by atoms with E-state index in [0.717, 1.165) is 11.3 Å².